The number of amides is 2. The number of hydrogen-bond acceptors (Lipinski definition) is 5. The van der Waals surface area contributed by atoms with Crippen LogP contribution in [-0.2, 0) is 9.59 Å². The number of anilines is 1. The summed E-state index contributed by atoms with van der Waals surface area (Å²) in [5.74, 6) is 1.43. The fraction of sp³-hybridized carbons (Fsp3) is 0.391. The standard InChI is InChI=1S/C23H25N5O3/c1-31-19-8-4-7-18(13-19)28-15-17(12-21(28)29)23(30)26-10-5-6-16(14-26)22-25-24-20-9-2-3-11-27(20)22/h2-4,7-9,11,13,16-17H,5-6,10,12,14-15H2,1H3/t16-,17-/m0/s1. The topological polar surface area (TPSA) is 80.0 Å². The minimum Gasteiger partial charge on any atom is -0.497 e. The molecule has 0 aliphatic carbocycles. The Balaban J connectivity index is 1.30. The minimum absolute atomic E-state index is 0.0244. The van der Waals surface area contributed by atoms with Crippen LogP contribution in [-0.4, -0.2) is 58.1 Å². The summed E-state index contributed by atoms with van der Waals surface area (Å²) in [6.45, 7) is 1.73. The predicted molar refractivity (Wildman–Crippen MR) is 115 cm³/mol. The van der Waals surface area contributed by atoms with Crippen molar-refractivity contribution in [3.05, 3.63) is 54.5 Å². The Morgan fingerprint density at radius 2 is 2.03 bits per heavy atom. The average Bonchev–Trinajstić information content (AvgIpc) is 3.42. The zero-order chi connectivity index (χ0) is 21.4. The maximum absolute atomic E-state index is 13.3. The Bertz CT molecular complexity index is 1130. The molecule has 8 heteroatoms. The molecule has 2 amide bonds. The van der Waals surface area contributed by atoms with Gasteiger partial charge in [-0.15, -0.1) is 10.2 Å². The Hall–Kier alpha value is -3.42. The van der Waals surface area contributed by atoms with Gasteiger partial charge in [0, 0.05) is 49.9 Å². The summed E-state index contributed by atoms with van der Waals surface area (Å²) in [7, 11) is 1.60. The van der Waals surface area contributed by atoms with Crippen LogP contribution in [0.5, 0.6) is 5.75 Å². The monoisotopic (exact) mass is 419 g/mol. The molecule has 2 atom stereocenters. The third kappa shape index (κ3) is 3.62. The predicted octanol–water partition coefficient (Wildman–Crippen LogP) is 2.50. The smallest absolute Gasteiger partial charge is 0.228 e. The molecule has 0 N–H and O–H groups in total. The summed E-state index contributed by atoms with van der Waals surface area (Å²) >= 11 is 0. The number of ether oxygens (including phenoxy) is 1. The highest BCUT2D eigenvalue weighted by Gasteiger charge is 2.39. The Labute approximate surface area is 180 Å². The van der Waals surface area contributed by atoms with Crippen LogP contribution < -0.4 is 9.64 Å². The van der Waals surface area contributed by atoms with Gasteiger partial charge in [0.1, 0.15) is 11.6 Å². The van der Waals surface area contributed by atoms with Crippen LogP contribution in [0.4, 0.5) is 5.69 Å². The van der Waals surface area contributed by atoms with Gasteiger partial charge in [0.25, 0.3) is 0 Å². The second kappa shape index (κ2) is 8.02. The number of carbonyl (C=O) groups is 2. The Morgan fingerprint density at radius 3 is 2.90 bits per heavy atom. The van der Waals surface area contributed by atoms with Gasteiger partial charge >= 0.3 is 0 Å². The summed E-state index contributed by atoms with van der Waals surface area (Å²) in [5.41, 5.74) is 1.59. The lowest BCUT2D eigenvalue weighted by atomic mass is 9.95. The van der Waals surface area contributed by atoms with Gasteiger partial charge in [0.05, 0.1) is 13.0 Å². The Morgan fingerprint density at radius 1 is 1.13 bits per heavy atom. The van der Waals surface area contributed by atoms with Gasteiger partial charge in [-0.2, -0.15) is 0 Å². The number of fused-ring (bicyclic) bond motifs is 1. The van der Waals surface area contributed by atoms with Crippen LogP contribution >= 0.6 is 0 Å². The van der Waals surface area contributed by atoms with Crippen molar-refractivity contribution < 1.29 is 14.3 Å². The van der Waals surface area contributed by atoms with Gasteiger partial charge in [-0.05, 0) is 37.1 Å². The van der Waals surface area contributed by atoms with Crippen molar-refractivity contribution in [1.82, 2.24) is 19.5 Å². The molecule has 2 aliphatic rings. The molecule has 0 bridgehead atoms. The quantitative estimate of drug-likeness (QED) is 0.649. The first-order valence-corrected chi connectivity index (χ1v) is 10.7. The third-order valence-corrected chi connectivity index (χ3v) is 6.28. The maximum Gasteiger partial charge on any atom is 0.228 e. The number of benzene rings is 1. The van der Waals surface area contributed by atoms with Crippen molar-refractivity contribution in [2.75, 3.05) is 31.6 Å². The third-order valence-electron chi connectivity index (χ3n) is 6.28. The Kier molecular flexibility index (Phi) is 5.05. The van der Waals surface area contributed by atoms with E-state index in [-0.39, 0.29) is 30.1 Å². The summed E-state index contributed by atoms with van der Waals surface area (Å²) in [6.07, 6.45) is 4.09. The van der Waals surface area contributed by atoms with E-state index < -0.39 is 0 Å². The largest absolute Gasteiger partial charge is 0.497 e. The van der Waals surface area contributed by atoms with Gasteiger partial charge in [-0.1, -0.05) is 12.1 Å². The zero-order valence-electron chi connectivity index (χ0n) is 17.5. The SMILES string of the molecule is COc1cccc(N2C[C@@H](C(=O)N3CCC[C@H](c4nnc5ccccn45)C3)CC2=O)c1. The van der Waals surface area contributed by atoms with Gasteiger partial charge in [0.2, 0.25) is 11.8 Å². The molecule has 2 aliphatic heterocycles. The first-order chi connectivity index (χ1) is 15.1. The summed E-state index contributed by atoms with van der Waals surface area (Å²) in [5, 5.41) is 8.65. The van der Waals surface area contributed by atoms with Gasteiger partial charge in [-0.3, -0.25) is 14.0 Å². The van der Waals surface area contributed by atoms with Crippen LogP contribution in [0.25, 0.3) is 5.65 Å². The van der Waals surface area contributed by atoms with E-state index in [0.717, 1.165) is 36.5 Å². The van der Waals surface area contributed by atoms with E-state index in [2.05, 4.69) is 10.2 Å². The van der Waals surface area contributed by atoms with Gasteiger partial charge in [0.15, 0.2) is 5.65 Å². The molecule has 0 saturated carbocycles. The molecule has 1 aromatic carbocycles. The molecule has 5 rings (SSSR count). The number of methoxy groups -OCH3 is 1. The molecule has 4 heterocycles. The number of piperidine rings is 1. The van der Waals surface area contributed by atoms with E-state index in [9.17, 15) is 9.59 Å². The molecule has 0 spiro atoms. The zero-order valence-corrected chi connectivity index (χ0v) is 17.5. The molecular weight excluding hydrogens is 394 g/mol. The van der Waals surface area contributed by atoms with Crippen LogP contribution in [0.3, 0.4) is 0 Å². The fourth-order valence-electron chi connectivity index (χ4n) is 4.69. The summed E-state index contributed by atoms with van der Waals surface area (Å²) in [6, 6.07) is 13.2. The number of aromatic nitrogens is 3. The highest BCUT2D eigenvalue weighted by Crippen LogP contribution is 2.31. The van der Waals surface area contributed by atoms with Crippen LogP contribution in [0.2, 0.25) is 0 Å². The van der Waals surface area contributed by atoms with Crippen molar-refractivity contribution in [3.63, 3.8) is 0 Å². The minimum atomic E-state index is -0.326. The van der Waals surface area contributed by atoms with Gasteiger partial charge < -0.3 is 14.5 Å². The maximum atomic E-state index is 13.3. The first-order valence-electron chi connectivity index (χ1n) is 10.7. The molecule has 2 fully saturated rings. The van der Waals surface area contributed by atoms with Crippen molar-refractivity contribution in [2.45, 2.75) is 25.2 Å². The lowest BCUT2D eigenvalue weighted by Gasteiger charge is -2.33. The molecule has 8 nitrogen and oxygen atoms in total. The van der Waals surface area contributed by atoms with E-state index in [1.165, 1.54) is 0 Å². The molecule has 160 valence electrons. The lowest BCUT2D eigenvalue weighted by Crippen LogP contribution is -2.43. The van der Waals surface area contributed by atoms with Crippen LogP contribution in [0.15, 0.2) is 48.7 Å². The average molecular weight is 419 g/mol. The summed E-state index contributed by atoms with van der Waals surface area (Å²) in [4.78, 5) is 29.6. The second-order valence-corrected chi connectivity index (χ2v) is 8.22. The number of nitrogens with zero attached hydrogens (tertiary/aromatic N) is 5. The van der Waals surface area contributed by atoms with Gasteiger partial charge in [-0.25, -0.2) is 0 Å². The molecule has 0 unspecified atom stereocenters. The van der Waals surface area contributed by atoms with Crippen molar-refractivity contribution >= 4 is 23.1 Å². The number of hydrogen-bond donors (Lipinski definition) is 0. The van der Waals surface area contributed by atoms with E-state index >= 15 is 0 Å². The highest BCUT2D eigenvalue weighted by molar-refractivity contribution is 6.00. The number of pyridine rings is 1. The first kappa shape index (κ1) is 19.5. The normalized spacial score (nSPS) is 21.6. The summed E-state index contributed by atoms with van der Waals surface area (Å²) < 4.78 is 7.27. The molecular formula is C23H25N5O3. The van der Waals surface area contributed by atoms with Crippen molar-refractivity contribution in [3.8, 4) is 5.75 Å². The van der Waals surface area contributed by atoms with Crippen molar-refractivity contribution in [2.24, 2.45) is 5.92 Å². The van der Waals surface area contributed by atoms with Crippen molar-refractivity contribution in [1.29, 1.82) is 0 Å². The number of likely N-dealkylation sites (tertiary alicyclic amines) is 1. The van der Waals surface area contributed by atoms with E-state index in [1.54, 1.807) is 12.0 Å². The second-order valence-electron chi connectivity index (χ2n) is 8.22. The molecule has 3 aromatic rings. The van der Waals surface area contributed by atoms with E-state index in [4.69, 9.17) is 4.74 Å². The fourth-order valence-corrected chi connectivity index (χ4v) is 4.69. The molecule has 31 heavy (non-hydrogen) atoms. The number of carbonyl (C=O) groups excluding carboxylic acids is 2. The molecule has 2 saturated heterocycles. The molecule has 2 aromatic heterocycles. The van der Waals surface area contributed by atoms with Crippen LogP contribution in [0.1, 0.15) is 31.0 Å². The van der Waals surface area contributed by atoms with Crippen LogP contribution in [0, 0.1) is 5.92 Å². The highest BCUT2D eigenvalue weighted by atomic mass is 16.5. The number of rotatable bonds is 4. The molecule has 0 radical (unpaired) electrons. The van der Waals surface area contributed by atoms with E-state index in [0.29, 0.717) is 18.8 Å². The van der Waals surface area contributed by atoms with E-state index in [1.807, 2.05) is 58.0 Å². The lowest BCUT2D eigenvalue weighted by molar-refractivity contribution is -0.137.